The molecule has 0 saturated carbocycles. The van der Waals surface area contributed by atoms with Crippen LogP contribution in [0.4, 0.5) is 10.5 Å². The van der Waals surface area contributed by atoms with Gasteiger partial charge < -0.3 is 5.32 Å². The fourth-order valence-corrected chi connectivity index (χ4v) is 5.61. The lowest BCUT2D eigenvalue weighted by Crippen LogP contribution is -2.35. The summed E-state index contributed by atoms with van der Waals surface area (Å²) in [7, 11) is -3.34. The van der Waals surface area contributed by atoms with E-state index in [1.165, 1.54) is 22.3 Å². The molecule has 0 heterocycles. The van der Waals surface area contributed by atoms with E-state index < -0.39 is 15.9 Å². The first kappa shape index (κ1) is 19.9. The number of amides is 2. The van der Waals surface area contributed by atoms with Gasteiger partial charge in [-0.1, -0.05) is 18.2 Å². The number of hydrogen-bond donors (Lipinski definition) is 2. The normalized spacial score (nSPS) is 15.8. The fraction of sp³-hybridized carbons (Fsp3) is 0.318. The lowest BCUT2D eigenvalue weighted by atomic mass is 9.99. The van der Waals surface area contributed by atoms with E-state index in [9.17, 15) is 9.00 Å². The van der Waals surface area contributed by atoms with Crippen LogP contribution >= 0.6 is 0 Å². The molecule has 2 amide bonds. The molecular weight excluding hydrogens is 398 g/mol. The summed E-state index contributed by atoms with van der Waals surface area (Å²) in [5.41, 5.74) is 6.83. The first-order valence-electron chi connectivity index (χ1n) is 9.88. The molecule has 2 N–H and O–H groups in total. The molecule has 1 atom stereocenters. The van der Waals surface area contributed by atoms with Crippen molar-refractivity contribution in [3.05, 3.63) is 63.7 Å². The highest BCUT2D eigenvalue weighted by Gasteiger charge is 2.25. The minimum Gasteiger partial charge on any atom is -0.307 e. The van der Waals surface area contributed by atoms with Gasteiger partial charge >= 0.3 is 6.03 Å². The van der Waals surface area contributed by atoms with Gasteiger partial charge in [0.25, 0.3) is 0 Å². The van der Waals surface area contributed by atoms with Gasteiger partial charge in [0.2, 0.25) is 6.19 Å². The van der Waals surface area contributed by atoms with Crippen molar-refractivity contribution in [2.24, 2.45) is 4.36 Å². The molecule has 2 aliphatic rings. The number of anilines is 1. The highest BCUT2D eigenvalue weighted by molar-refractivity contribution is 7.91. The van der Waals surface area contributed by atoms with Crippen LogP contribution in [0.25, 0.3) is 0 Å². The molecule has 2 aromatic rings. The van der Waals surface area contributed by atoms with Gasteiger partial charge in [-0.15, -0.1) is 4.36 Å². The molecule has 0 radical (unpaired) electrons. The van der Waals surface area contributed by atoms with Gasteiger partial charge in [-0.2, -0.15) is 10.5 Å². The summed E-state index contributed by atoms with van der Waals surface area (Å²) in [6, 6.07) is 10.1. The molecule has 7 nitrogen and oxygen atoms in total. The predicted octanol–water partition coefficient (Wildman–Crippen LogP) is 3.72. The van der Waals surface area contributed by atoms with Crippen LogP contribution in [0.3, 0.4) is 0 Å². The van der Waals surface area contributed by atoms with Gasteiger partial charge in [0.05, 0.1) is 17.4 Å². The number of carbonyl (C=O) groups is 1. The van der Waals surface area contributed by atoms with E-state index in [0.29, 0.717) is 11.1 Å². The Morgan fingerprint density at radius 2 is 1.67 bits per heavy atom. The van der Waals surface area contributed by atoms with Crippen molar-refractivity contribution < 1.29 is 9.00 Å². The number of benzene rings is 2. The third kappa shape index (κ3) is 4.00. The van der Waals surface area contributed by atoms with Crippen molar-refractivity contribution in [1.82, 2.24) is 4.72 Å². The van der Waals surface area contributed by atoms with Crippen LogP contribution in [0.1, 0.15) is 46.2 Å². The Morgan fingerprint density at radius 3 is 2.23 bits per heavy atom. The molecule has 1 unspecified atom stereocenters. The Morgan fingerprint density at radius 1 is 1.03 bits per heavy atom. The Balaban J connectivity index is 1.57. The molecule has 2 aromatic carbocycles. The average molecular weight is 420 g/mol. The second kappa shape index (κ2) is 8.17. The standard InChI is InChI=1S/C22H21N5O2S/c23-12-15-7-9-16(10-8-15)13-30(29,25-14-24)27-22(28)26-21-19-5-1-3-17(19)11-18-4-2-6-20(18)21/h7-11H,1-6,13H2,(H2,25,26,27,28,29). The largest absolute Gasteiger partial charge is 0.331 e. The van der Waals surface area contributed by atoms with Gasteiger partial charge in [0.1, 0.15) is 0 Å². The number of fused-ring (bicyclic) bond motifs is 2. The first-order chi connectivity index (χ1) is 14.5. The molecule has 8 heteroatoms. The minimum atomic E-state index is -3.34. The average Bonchev–Trinajstić information content (AvgIpc) is 3.37. The molecule has 0 bridgehead atoms. The van der Waals surface area contributed by atoms with Gasteiger partial charge in [-0.3, -0.25) is 0 Å². The van der Waals surface area contributed by atoms with E-state index in [-0.39, 0.29) is 5.75 Å². The zero-order valence-electron chi connectivity index (χ0n) is 16.4. The summed E-state index contributed by atoms with van der Waals surface area (Å²) in [5.74, 6) is -0.120. The maximum atomic E-state index is 13.2. The third-order valence-corrected chi connectivity index (χ3v) is 7.20. The molecule has 152 valence electrons. The topological polar surface area (TPSA) is 118 Å². The Bertz CT molecular complexity index is 1180. The number of hydrogen-bond acceptors (Lipinski definition) is 5. The van der Waals surface area contributed by atoms with Crippen molar-refractivity contribution >= 4 is 21.6 Å². The molecule has 0 aliphatic heterocycles. The number of nitriles is 2. The summed E-state index contributed by atoms with van der Waals surface area (Å²) in [5, 5.41) is 20.8. The van der Waals surface area contributed by atoms with Gasteiger partial charge in [0, 0.05) is 5.69 Å². The SMILES string of the molecule is N#CN=S(=O)(Cc1ccc(C#N)cc1)NC(=O)Nc1c2c(cc3c1CCC3)CCC2. The number of rotatable bonds is 4. The van der Waals surface area contributed by atoms with Gasteiger partial charge in [0.15, 0.2) is 9.92 Å². The second-order valence-corrected chi connectivity index (χ2v) is 9.53. The summed E-state index contributed by atoms with van der Waals surface area (Å²) >= 11 is 0. The lowest BCUT2D eigenvalue weighted by molar-refractivity contribution is 0.256. The van der Waals surface area contributed by atoms with Crippen molar-refractivity contribution in [1.29, 1.82) is 10.5 Å². The maximum absolute atomic E-state index is 13.2. The van der Waals surface area contributed by atoms with Crippen molar-refractivity contribution in [3.8, 4) is 12.3 Å². The monoisotopic (exact) mass is 419 g/mol. The molecule has 0 aromatic heterocycles. The summed E-state index contributed by atoms with van der Waals surface area (Å²) in [6.45, 7) is 0. The fourth-order valence-electron chi connectivity index (χ4n) is 4.31. The highest BCUT2D eigenvalue weighted by Crippen LogP contribution is 2.38. The molecule has 4 rings (SSSR count). The van der Waals surface area contributed by atoms with Gasteiger partial charge in [-0.25, -0.2) is 13.7 Å². The van der Waals surface area contributed by atoms with E-state index in [2.05, 4.69) is 20.5 Å². The van der Waals surface area contributed by atoms with E-state index >= 15 is 0 Å². The summed E-state index contributed by atoms with van der Waals surface area (Å²) in [6.07, 6.45) is 7.54. The number of nitrogens with zero attached hydrogens (tertiary/aromatic N) is 3. The Labute approximate surface area is 176 Å². The number of aryl methyl sites for hydroxylation is 2. The lowest BCUT2D eigenvalue weighted by Gasteiger charge is -2.17. The minimum absolute atomic E-state index is 0.120. The van der Waals surface area contributed by atoms with Crippen LogP contribution in [0.2, 0.25) is 0 Å². The van der Waals surface area contributed by atoms with Crippen molar-refractivity contribution in [3.63, 3.8) is 0 Å². The first-order valence-corrected chi connectivity index (χ1v) is 11.6. The molecule has 0 spiro atoms. The van der Waals surface area contributed by atoms with E-state index in [1.54, 1.807) is 30.5 Å². The van der Waals surface area contributed by atoms with Crippen LogP contribution < -0.4 is 10.0 Å². The van der Waals surface area contributed by atoms with E-state index in [0.717, 1.165) is 44.2 Å². The highest BCUT2D eigenvalue weighted by atomic mass is 32.2. The number of urea groups is 1. The smallest absolute Gasteiger partial charge is 0.307 e. The van der Waals surface area contributed by atoms with Crippen molar-refractivity contribution in [2.45, 2.75) is 44.3 Å². The molecule has 30 heavy (non-hydrogen) atoms. The van der Waals surface area contributed by atoms with Crippen LogP contribution in [-0.4, -0.2) is 10.2 Å². The molecule has 0 fully saturated rings. The van der Waals surface area contributed by atoms with E-state index in [4.69, 9.17) is 10.5 Å². The summed E-state index contributed by atoms with van der Waals surface area (Å²) in [4.78, 5) is 12.8. The number of carbonyl (C=O) groups excluding carboxylic acids is 1. The van der Waals surface area contributed by atoms with Crippen molar-refractivity contribution in [2.75, 3.05) is 5.32 Å². The quantitative estimate of drug-likeness (QED) is 0.734. The third-order valence-electron chi connectivity index (χ3n) is 5.60. The van der Waals surface area contributed by atoms with Crippen LogP contribution in [-0.2, 0) is 41.4 Å². The van der Waals surface area contributed by atoms with E-state index in [1.807, 2.05) is 6.07 Å². The van der Waals surface area contributed by atoms with Crippen LogP contribution in [0.5, 0.6) is 0 Å². The molecule has 2 aliphatic carbocycles. The molecular formula is C22H21N5O2S. The zero-order valence-corrected chi connectivity index (χ0v) is 17.2. The molecule has 0 saturated heterocycles. The predicted molar refractivity (Wildman–Crippen MR) is 114 cm³/mol. The number of nitrogens with one attached hydrogen (secondary N) is 2. The Hall–Kier alpha value is -3.36. The summed E-state index contributed by atoms with van der Waals surface area (Å²) < 4.78 is 19.1. The van der Waals surface area contributed by atoms with Gasteiger partial charge in [-0.05, 0) is 78.5 Å². The zero-order chi connectivity index (χ0) is 21.1. The Kier molecular flexibility index (Phi) is 5.43. The van der Waals surface area contributed by atoms with Crippen LogP contribution in [0, 0.1) is 22.8 Å². The second-order valence-electron chi connectivity index (χ2n) is 7.58. The van der Waals surface area contributed by atoms with Crippen LogP contribution in [0.15, 0.2) is 34.7 Å². The maximum Gasteiger partial charge on any atom is 0.331 e.